The van der Waals surface area contributed by atoms with Crippen LogP contribution < -0.4 is 0 Å². The molecule has 0 saturated carbocycles. The van der Waals surface area contributed by atoms with E-state index in [4.69, 9.17) is 23.3 Å². The average Bonchev–Trinajstić information content (AvgIpc) is 3.86. The van der Waals surface area contributed by atoms with E-state index < -0.39 is 26.5 Å². The number of epoxide rings is 1. The SMILES string of the molecule is CCCCCCCCCCCCCC(=O)OC[C@H](COP(=O)(O)OCC[N+](C)(C)C)OC(=O)CCC/C=C\C/C=C\C/C=C\CC1OC1CCCCC. The maximum Gasteiger partial charge on any atom is 0.472 e. The Kier molecular flexibility index (Phi) is 29.2. The number of carbonyl (C=O) groups excluding carboxylic acids is 2. The summed E-state index contributed by atoms with van der Waals surface area (Å²) in [7, 11) is 1.43. The molecular formula is C42H77NO9P+. The summed E-state index contributed by atoms with van der Waals surface area (Å²) in [5.74, 6) is -0.870. The molecule has 1 heterocycles. The minimum atomic E-state index is -4.39. The molecule has 0 spiro atoms. The highest BCUT2D eigenvalue weighted by molar-refractivity contribution is 7.47. The first-order valence-electron chi connectivity index (χ1n) is 20.8. The lowest BCUT2D eigenvalue weighted by molar-refractivity contribution is -0.870. The van der Waals surface area contributed by atoms with Crippen molar-refractivity contribution < 1.29 is 46.8 Å². The van der Waals surface area contributed by atoms with E-state index in [-0.39, 0.29) is 32.0 Å². The number of phosphoric ester groups is 1. The van der Waals surface area contributed by atoms with Gasteiger partial charge in [0.25, 0.3) is 0 Å². The fourth-order valence-corrected chi connectivity index (χ4v) is 6.43. The molecule has 53 heavy (non-hydrogen) atoms. The molecule has 0 radical (unpaired) electrons. The standard InChI is InChI=1S/C42H76NO9P/c1-6-8-10-11-12-13-14-18-21-24-28-32-41(44)48-36-38(37-50-53(46,47)49-35-34-43(3,4)5)51-42(45)33-29-25-22-19-16-15-17-20-23-27-31-40-39(52-40)30-26-9-7-2/h15,17,19,22-23,27,38-40H,6-14,16,18,20-21,24-26,28-37H2,1-5H3/p+1/b17-15-,22-19-,27-23-/t38-,39?,40?/m1/s1. The predicted molar refractivity (Wildman–Crippen MR) is 214 cm³/mol. The summed E-state index contributed by atoms with van der Waals surface area (Å²) in [6, 6.07) is 0. The number of nitrogens with zero attached hydrogens (tertiary/aromatic N) is 1. The molecule has 1 aliphatic rings. The third-order valence-electron chi connectivity index (χ3n) is 9.10. The van der Waals surface area contributed by atoms with Crippen molar-refractivity contribution in [1.29, 1.82) is 0 Å². The van der Waals surface area contributed by atoms with E-state index in [2.05, 4.69) is 44.2 Å². The maximum absolute atomic E-state index is 12.6. The molecule has 1 saturated heterocycles. The lowest BCUT2D eigenvalue weighted by atomic mass is 10.1. The molecule has 0 aromatic rings. The van der Waals surface area contributed by atoms with Crippen LogP contribution in [0.2, 0.25) is 0 Å². The second-order valence-electron chi connectivity index (χ2n) is 15.4. The molecule has 11 heteroatoms. The van der Waals surface area contributed by atoms with Crippen molar-refractivity contribution in [3.05, 3.63) is 36.5 Å². The zero-order valence-corrected chi connectivity index (χ0v) is 35.1. The number of phosphoric acid groups is 1. The summed E-state index contributed by atoms with van der Waals surface area (Å²) in [5.41, 5.74) is 0. The van der Waals surface area contributed by atoms with Crippen LogP contribution in [-0.2, 0) is 37.4 Å². The van der Waals surface area contributed by atoms with E-state index in [1.165, 1.54) is 77.0 Å². The van der Waals surface area contributed by atoms with Gasteiger partial charge in [-0.05, 0) is 44.9 Å². The van der Waals surface area contributed by atoms with Crippen molar-refractivity contribution in [1.82, 2.24) is 0 Å². The topological polar surface area (TPSA) is 121 Å². The van der Waals surface area contributed by atoms with Gasteiger partial charge in [-0.1, -0.05) is 134 Å². The van der Waals surface area contributed by atoms with Gasteiger partial charge in [-0.3, -0.25) is 18.6 Å². The lowest BCUT2D eigenvalue weighted by Crippen LogP contribution is -2.37. The van der Waals surface area contributed by atoms with E-state index in [1.807, 2.05) is 27.2 Å². The Morgan fingerprint density at radius 2 is 1.26 bits per heavy atom. The molecule has 1 rings (SSSR count). The second kappa shape index (κ2) is 31.4. The molecule has 0 aromatic heterocycles. The van der Waals surface area contributed by atoms with Crippen LogP contribution in [0.3, 0.4) is 0 Å². The molecule has 1 N–H and O–H groups in total. The van der Waals surface area contributed by atoms with Crippen LogP contribution in [0.4, 0.5) is 0 Å². The van der Waals surface area contributed by atoms with E-state index in [0.29, 0.717) is 36.1 Å². The van der Waals surface area contributed by atoms with Crippen molar-refractivity contribution in [3.8, 4) is 0 Å². The van der Waals surface area contributed by atoms with Crippen LogP contribution in [0.15, 0.2) is 36.5 Å². The van der Waals surface area contributed by atoms with E-state index >= 15 is 0 Å². The normalized spacial score (nSPS) is 17.8. The Hall–Kier alpha value is -1.81. The summed E-state index contributed by atoms with van der Waals surface area (Å²) in [6.07, 6.45) is 35.2. The molecule has 1 aliphatic heterocycles. The Balaban J connectivity index is 2.34. The van der Waals surface area contributed by atoms with Crippen LogP contribution in [0.25, 0.3) is 0 Å². The van der Waals surface area contributed by atoms with E-state index in [1.54, 1.807) is 0 Å². The Morgan fingerprint density at radius 1 is 0.698 bits per heavy atom. The number of ether oxygens (including phenoxy) is 3. The zero-order valence-electron chi connectivity index (χ0n) is 34.2. The molecule has 0 aromatic carbocycles. The number of likely N-dealkylation sites (N-methyl/N-ethyl adjacent to an activating group) is 1. The van der Waals surface area contributed by atoms with Crippen molar-refractivity contribution in [2.45, 2.75) is 173 Å². The van der Waals surface area contributed by atoms with Crippen molar-refractivity contribution >= 4 is 19.8 Å². The Labute approximate surface area is 323 Å². The Bertz CT molecular complexity index is 1070. The van der Waals surface area contributed by atoms with Crippen molar-refractivity contribution in [2.24, 2.45) is 0 Å². The van der Waals surface area contributed by atoms with Gasteiger partial charge in [0.15, 0.2) is 6.10 Å². The molecule has 0 aliphatic carbocycles. The van der Waals surface area contributed by atoms with Crippen LogP contribution in [0.1, 0.15) is 155 Å². The monoisotopic (exact) mass is 771 g/mol. The first-order chi connectivity index (χ1) is 25.5. The number of allylic oxidation sites excluding steroid dienone is 5. The number of unbranched alkanes of at least 4 members (excludes halogenated alkanes) is 13. The number of hydrogen-bond acceptors (Lipinski definition) is 8. The lowest BCUT2D eigenvalue weighted by Gasteiger charge is -2.24. The van der Waals surface area contributed by atoms with E-state index in [9.17, 15) is 19.0 Å². The first-order valence-corrected chi connectivity index (χ1v) is 22.3. The quantitative estimate of drug-likeness (QED) is 0.0166. The van der Waals surface area contributed by atoms with Gasteiger partial charge in [0.1, 0.15) is 19.8 Å². The van der Waals surface area contributed by atoms with Crippen LogP contribution in [0.5, 0.6) is 0 Å². The van der Waals surface area contributed by atoms with Gasteiger partial charge in [0.05, 0.1) is 40.0 Å². The van der Waals surface area contributed by atoms with Gasteiger partial charge in [0, 0.05) is 12.8 Å². The first kappa shape index (κ1) is 49.2. The number of quaternary nitrogens is 1. The van der Waals surface area contributed by atoms with Crippen LogP contribution >= 0.6 is 7.82 Å². The largest absolute Gasteiger partial charge is 0.472 e. The summed E-state index contributed by atoms with van der Waals surface area (Å²) >= 11 is 0. The molecule has 3 unspecified atom stereocenters. The van der Waals surface area contributed by atoms with Gasteiger partial charge < -0.3 is 23.6 Å². The number of rotatable bonds is 36. The van der Waals surface area contributed by atoms with Crippen molar-refractivity contribution in [3.63, 3.8) is 0 Å². The van der Waals surface area contributed by atoms with Crippen molar-refractivity contribution in [2.75, 3.05) is 47.5 Å². The summed E-state index contributed by atoms with van der Waals surface area (Å²) in [6.45, 7) is 4.30. The minimum absolute atomic E-state index is 0.0197. The maximum atomic E-state index is 12.6. The summed E-state index contributed by atoms with van der Waals surface area (Å²) < 4.78 is 39.9. The zero-order chi connectivity index (χ0) is 39.0. The molecule has 4 atom stereocenters. The number of hydrogen-bond donors (Lipinski definition) is 1. The van der Waals surface area contributed by atoms with Gasteiger partial charge in [0.2, 0.25) is 0 Å². The number of carbonyl (C=O) groups is 2. The van der Waals surface area contributed by atoms with Crippen LogP contribution in [-0.4, -0.2) is 87.1 Å². The Morgan fingerprint density at radius 3 is 1.91 bits per heavy atom. The predicted octanol–water partition coefficient (Wildman–Crippen LogP) is 10.3. The molecular weight excluding hydrogens is 693 g/mol. The highest BCUT2D eigenvalue weighted by Gasteiger charge is 2.36. The third-order valence-corrected chi connectivity index (χ3v) is 10.1. The van der Waals surface area contributed by atoms with E-state index in [0.717, 1.165) is 38.5 Å². The van der Waals surface area contributed by atoms with Gasteiger partial charge in [-0.2, -0.15) is 0 Å². The summed E-state index contributed by atoms with van der Waals surface area (Å²) in [4.78, 5) is 35.2. The van der Waals surface area contributed by atoms with Crippen LogP contribution in [0, 0.1) is 0 Å². The van der Waals surface area contributed by atoms with Gasteiger partial charge >= 0.3 is 19.8 Å². The number of esters is 2. The molecule has 308 valence electrons. The minimum Gasteiger partial charge on any atom is -0.462 e. The average molecular weight is 771 g/mol. The second-order valence-corrected chi connectivity index (χ2v) is 16.9. The van der Waals surface area contributed by atoms with Gasteiger partial charge in [-0.15, -0.1) is 0 Å². The molecule has 10 nitrogen and oxygen atoms in total. The summed E-state index contributed by atoms with van der Waals surface area (Å²) in [5, 5.41) is 0. The molecule has 0 bridgehead atoms. The highest BCUT2D eigenvalue weighted by atomic mass is 31.2. The highest BCUT2D eigenvalue weighted by Crippen LogP contribution is 2.43. The fraction of sp³-hybridized carbons (Fsp3) is 0.810. The van der Waals surface area contributed by atoms with Gasteiger partial charge in [-0.25, -0.2) is 4.57 Å². The molecule has 0 amide bonds. The third kappa shape index (κ3) is 32.2. The molecule has 1 fully saturated rings. The fourth-order valence-electron chi connectivity index (χ4n) is 5.69. The smallest absolute Gasteiger partial charge is 0.462 e.